The first-order valence-corrected chi connectivity index (χ1v) is 33.7. The van der Waals surface area contributed by atoms with Crippen molar-refractivity contribution < 1.29 is 0 Å². The predicted molar refractivity (Wildman–Crippen MR) is 416 cm³/mol. The first kappa shape index (κ1) is 56.5. The molecule has 0 bridgehead atoms. The van der Waals surface area contributed by atoms with Gasteiger partial charge in [0, 0.05) is 66.9 Å². The van der Waals surface area contributed by atoms with Crippen LogP contribution in [0.1, 0.15) is 0 Å². The van der Waals surface area contributed by atoms with Gasteiger partial charge in [0.15, 0.2) is 0 Å². The molecule has 0 unspecified atom stereocenters. The summed E-state index contributed by atoms with van der Waals surface area (Å²) in [5, 5.41) is 14.7. The lowest BCUT2D eigenvalue weighted by atomic mass is 9.95. The van der Waals surface area contributed by atoms with Crippen LogP contribution >= 0.6 is 0 Å². The summed E-state index contributed by atoms with van der Waals surface area (Å²) >= 11 is 0. The van der Waals surface area contributed by atoms with Crippen molar-refractivity contribution in [1.29, 1.82) is 0 Å². The highest BCUT2D eigenvalue weighted by atomic mass is 15.1. The zero-order valence-electron chi connectivity index (χ0n) is 53.6. The van der Waals surface area contributed by atoms with E-state index in [-0.39, 0.29) is 0 Å². The maximum atomic E-state index is 2.46. The Morgan fingerprint density at radius 1 is 0.184 bits per heavy atom. The smallest absolute Gasteiger partial charge is 0.0547 e. The third kappa shape index (κ3) is 9.52. The van der Waals surface area contributed by atoms with Crippen LogP contribution in [-0.2, 0) is 0 Å². The van der Waals surface area contributed by atoms with E-state index in [4.69, 9.17) is 0 Å². The minimum Gasteiger partial charge on any atom is -0.310 e. The second-order valence-electron chi connectivity index (χ2n) is 25.6. The average Bonchev–Trinajstić information content (AvgIpc) is 1.57. The van der Waals surface area contributed by atoms with Gasteiger partial charge in [-0.05, 0) is 203 Å². The molecule has 17 aromatic carbocycles. The highest BCUT2D eigenvalue weighted by molar-refractivity contribution is 6.26. The Morgan fingerprint density at radius 3 is 1.11 bits per heavy atom. The molecule has 98 heavy (non-hydrogen) atoms. The van der Waals surface area contributed by atoms with E-state index in [2.05, 4.69) is 395 Å². The van der Waals surface area contributed by atoms with Gasteiger partial charge in [-0.2, -0.15) is 0 Å². The van der Waals surface area contributed by atoms with Gasteiger partial charge in [0.05, 0.1) is 27.8 Å². The number of para-hydroxylation sites is 3. The van der Waals surface area contributed by atoms with Crippen LogP contribution in [0, 0.1) is 0 Å². The van der Waals surface area contributed by atoms with Gasteiger partial charge in [0.2, 0.25) is 0 Å². The van der Waals surface area contributed by atoms with Crippen molar-refractivity contribution in [3.05, 3.63) is 376 Å². The van der Waals surface area contributed by atoms with Crippen LogP contribution in [0.5, 0.6) is 0 Å². The Balaban J connectivity index is 0.720. The average molecular weight is 1250 g/mol. The van der Waals surface area contributed by atoms with Crippen molar-refractivity contribution in [2.75, 3.05) is 9.80 Å². The van der Waals surface area contributed by atoms with Gasteiger partial charge in [-0.15, -0.1) is 0 Å². The topological polar surface area (TPSA) is 16.3 Å². The Hall–Kier alpha value is -13.0. The van der Waals surface area contributed by atoms with Gasteiger partial charge in [-0.3, -0.25) is 0 Å². The summed E-state index contributed by atoms with van der Waals surface area (Å²) in [6.45, 7) is 0. The summed E-state index contributed by atoms with van der Waals surface area (Å²) in [5.74, 6) is 0. The molecule has 0 spiro atoms. The first-order valence-electron chi connectivity index (χ1n) is 33.7. The first-order chi connectivity index (χ1) is 48.6. The molecule has 19 aromatic rings. The van der Waals surface area contributed by atoms with E-state index < -0.39 is 0 Å². The van der Waals surface area contributed by atoms with Crippen molar-refractivity contribution in [3.8, 4) is 55.9 Å². The molecule has 0 atom stereocenters. The van der Waals surface area contributed by atoms with Crippen molar-refractivity contribution >= 4 is 121 Å². The molecule has 2 aromatic heterocycles. The van der Waals surface area contributed by atoms with Crippen molar-refractivity contribution in [3.63, 3.8) is 0 Å². The minimum atomic E-state index is 1.06. The lowest BCUT2D eigenvalue weighted by molar-refractivity contribution is 1.18. The van der Waals surface area contributed by atoms with Crippen LogP contribution in [0.4, 0.5) is 34.1 Å². The molecule has 2 heterocycles. The molecule has 4 heteroatoms. The molecule has 0 N–H and O–H groups in total. The number of hydrogen-bond donors (Lipinski definition) is 0. The lowest BCUT2D eigenvalue weighted by Gasteiger charge is -2.29. The molecule has 0 saturated heterocycles. The zero-order chi connectivity index (χ0) is 64.6. The quantitative estimate of drug-likeness (QED) is 0.121. The van der Waals surface area contributed by atoms with Gasteiger partial charge in [-0.1, -0.05) is 255 Å². The molecule has 0 saturated carbocycles. The van der Waals surface area contributed by atoms with Gasteiger partial charge < -0.3 is 18.9 Å². The largest absolute Gasteiger partial charge is 0.310 e. The number of hydrogen-bond acceptors (Lipinski definition) is 2. The molecule has 458 valence electrons. The predicted octanol–water partition coefficient (Wildman–Crippen LogP) is 26.1. The molecule has 0 aliphatic carbocycles. The van der Waals surface area contributed by atoms with Gasteiger partial charge in [0.1, 0.15) is 0 Å². The lowest BCUT2D eigenvalue weighted by Crippen LogP contribution is -2.11. The number of rotatable bonds is 12. The summed E-state index contributed by atoms with van der Waals surface area (Å²) in [4.78, 5) is 4.87. The van der Waals surface area contributed by atoms with E-state index in [0.717, 1.165) is 78.9 Å². The second-order valence-corrected chi connectivity index (χ2v) is 25.6. The third-order valence-electron chi connectivity index (χ3n) is 20.0. The van der Waals surface area contributed by atoms with Crippen LogP contribution in [0.25, 0.3) is 143 Å². The van der Waals surface area contributed by atoms with Crippen molar-refractivity contribution in [2.24, 2.45) is 0 Å². The third-order valence-corrected chi connectivity index (χ3v) is 20.0. The highest BCUT2D eigenvalue weighted by Gasteiger charge is 2.24. The van der Waals surface area contributed by atoms with Crippen LogP contribution in [-0.4, -0.2) is 9.13 Å². The molecular weight excluding hydrogens is 1190 g/mol. The maximum absolute atomic E-state index is 2.46. The van der Waals surface area contributed by atoms with E-state index in [0.29, 0.717) is 0 Å². The SMILES string of the molecule is c1ccc(-n2c3cccc(-c4cccc(N(c5ccc(-c6cccc(-c7ccccc7N(c7cccc(-c8cccc9c8c8c%10ccccc%10ccc8n9-c8ccccc8)c7)c7ccc8ccccc8c7)c6)cc5)c5ccc6ccccc6c5)c4)c3c3c4ccccc4ccc32)cc1. The Labute approximate surface area is 568 Å². The van der Waals surface area contributed by atoms with E-state index in [9.17, 15) is 0 Å². The van der Waals surface area contributed by atoms with Crippen molar-refractivity contribution in [2.45, 2.75) is 0 Å². The Kier molecular flexibility index (Phi) is 13.5. The number of benzene rings is 17. The maximum Gasteiger partial charge on any atom is 0.0547 e. The number of anilines is 6. The fraction of sp³-hybridized carbons (Fsp3) is 0. The fourth-order valence-electron chi connectivity index (χ4n) is 15.6. The van der Waals surface area contributed by atoms with Crippen LogP contribution in [0.3, 0.4) is 0 Å². The van der Waals surface area contributed by atoms with Crippen LogP contribution < -0.4 is 9.80 Å². The highest BCUT2D eigenvalue weighted by Crippen LogP contribution is 2.48. The number of fused-ring (bicyclic) bond motifs is 12. The second kappa shape index (κ2) is 23.5. The fourth-order valence-corrected chi connectivity index (χ4v) is 15.6. The molecule has 0 aliphatic heterocycles. The summed E-state index contributed by atoms with van der Waals surface area (Å²) < 4.78 is 4.86. The molecule has 19 rings (SSSR count). The van der Waals surface area contributed by atoms with E-state index >= 15 is 0 Å². The molecule has 0 amide bonds. The van der Waals surface area contributed by atoms with Crippen molar-refractivity contribution in [1.82, 2.24) is 9.13 Å². The Bertz CT molecular complexity index is 6320. The summed E-state index contributed by atoms with van der Waals surface area (Å²) in [6, 6.07) is 138. The van der Waals surface area contributed by atoms with E-state index in [1.165, 1.54) is 97.8 Å². The summed E-state index contributed by atoms with van der Waals surface area (Å²) in [5.41, 5.74) is 22.6. The minimum absolute atomic E-state index is 1.06. The standard InChI is InChI=1S/C94H62N4/c1-3-32-74(33-4-1)97-87-44-20-41-84(93(87)91-82-39-13-11-24-66(82)50-56-89(91)97)72-30-18-36-77(61-72)95(79-54-48-63-22-7-9-26-69(63)59-79)76-52-46-65(47-53-76)68-28-17-29-71(58-68)81-38-15-16-43-86(81)96(80-55-49-64-23-8-10-27-70(64)60-80)78-37-19-31-73(62-78)85-42-21-45-88-94(85)92-83-40-14-12-25-67(83)51-57-90(92)98(88)75-34-5-2-6-35-75/h1-62H. The van der Waals surface area contributed by atoms with Crippen LogP contribution in [0.15, 0.2) is 376 Å². The Morgan fingerprint density at radius 2 is 0.561 bits per heavy atom. The molecule has 0 fully saturated rings. The monoisotopic (exact) mass is 1250 g/mol. The molecule has 0 aliphatic rings. The molecular formula is C94H62N4. The summed E-state index contributed by atoms with van der Waals surface area (Å²) in [6.07, 6.45) is 0. The number of aromatic nitrogens is 2. The van der Waals surface area contributed by atoms with E-state index in [1.54, 1.807) is 0 Å². The molecule has 0 radical (unpaired) electrons. The van der Waals surface area contributed by atoms with Gasteiger partial charge >= 0.3 is 0 Å². The molecule has 4 nitrogen and oxygen atoms in total. The number of nitrogens with zero attached hydrogens (tertiary/aromatic N) is 4. The normalized spacial score (nSPS) is 11.7. The van der Waals surface area contributed by atoms with Gasteiger partial charge in [-0.25, -0.2) is 0 Å². The van der Waals surface area contributed by atoms with Gasteiger partial charge in [0.25, 0.3) is 0 Å². The van der Waals surface area contributed by atoms with E-state index in [1.807, 2.05) is 0 Å². The summed E-state index contributed by atoms with van der Waals surface area (Å²) in [7, 11) is 0. The van der Waals surface area contributed by atoms with Crippen LogP contribution in [0.2, 0.25) is 0 Å². The zero-order valence-corrected chi connectivity index (χ0v) is 53.6.